The normalized spacial score (nSPS) is 19.8. The van der Waals surface area contributed by atoms with Crippen LogP contribution in [0.2, 0.25) is 0 Å². The second kappa shape index (κ2) is 6.78. The summed E-state index contributed by atoms with van der Waals surface area (Å²) in [5.74, 6) is -2.58. The monoisotopic (exact) mass is 364 g/mol. The Hall–Kier alpha value is -2.90. The van der Waals surface area contributed by atoms with Crippen LogP contribution in [0.4, 0.5) is 13.2 Å². The van der Waals surface area contributed by atoms with Gasteiger partial charge in [-0.1, -0.05) is 24.3 Å². The molecule has 2 unspecified atom stereocenters. The lowest BCUT2D eigenvalue weighted by Gasteiger charge is -2.41. The highest BCUT2D eigenvalue weighted by Crippen LogP contribution is 2.44. The lowest BCUT2D eigenvalue weighted by atomic mass is 9.80. The predicted octanol–water partition coefficient (Wildman–Crippen LogP) is 3.10. The van der Waals surface area contributed by atoms with Crippen LogP contribution in [0.3, 0.4) is 0 Å². The number of amides is 1. The number of carbonyl (C=O) groups is 2. The molecular formula is C18H15F3N2O3. The van der Waals surface area contributed by atoms with Gasteiger partial charge < -0.3 is 9.64 Å². The zero-order chi connectivity index (χ0) is 18.9. The lowest BCUT2D eigenvalue weighted by molar-refractivity contribution is -0.154. The van der Waals surface area contributed by atoms with Gasteiger partial charge in [-0.15, -0.1) is 0 Å². The van der Waals surface area contributed by atoms with E-state index in [1.54, 1.807) is 24.3 Å². The van der Waals surface area contributed by atoms with Crippen LogP contribution in [0.5, 0.6) is 0 Å². The van der Waals surface area contributed by atoms with Gasteiger partial charge in [0.25, 0.3) is 5.91 Å². The molecule has 8 heteroatoms. The van der Waals surface area contributed by atoms with Crippen LogP contribution in [-0.4, -0.2) is 41.6 Å². The van der Waals surface area contributed by atoms with Gasteiger partial charge in [-0.3, -0.25) is 14.6 Å². The van der Waals surface area contributed by atoms with Crippen molar-refractivity contribution in [3.8, 4) is 0 Å². The molecule has 0 spiro atoms. The fourth-order valence-electron chi connectivity index (χ4n) is 3.26. The Morgan fingerprint density at radius 1 is 1.23 bits per heavy atom. The third-order valence-corrected chi connectivity index (χ3v) is 4.27. The van der Waals surface area contributed by atoms with E-state index in [1.165, 1.54) is 24.5 Å². The van der Waals surface area contributed by atoms with Crippen molar-refractivity contribution in [2.75, 3.05) is 13.7 Å². The number of benzene rings is 1. The maximum Gasteiger partial charge on any atom is 0.406 e. The second-order valence-corrected chi connectivity index (χ2v) is 5.87. The molecule has 1 aliphatic heterocycles. The SMILES string of the molecule is COC(=O)C1c2ccccc2C(=O)N(CC(F)(F)F)C1c1cccnc1. The molecule has 0 saturated carbocycles. The Labute approximate surface area is 147 Å². The van der Waals surface area contributed by atoms with E-state index in [0.717, 1.165) is 7.11 Å². The average Bonchev–Trinajstić information content (AvgIpc) is 2.63. The van der Waals surface area contributed by atoms with Crippen LogP contribution in [0, 0.1) is 0 Å². The summed E-state index contributed by atoms with van der Waals surface area (Å²) in [4.78, 5) is 29.8. The number of fused-ring (bicyclic) bond motifs is 1. The van der Waals surface area contributed by atoms with Crippen LogP contribution in [-0.2, 0) is 9.53 Å². The van der Waals surface area contributed by atoms with E-state index in [1.807, 2.05) is 0 Å². The highest BCUT2D eigenvalue weighted by Gasteiger charge is 2.48. The summed E-state index contributed by atoms with van der Waals surface area (Å²) in [6.45, 7) is -1.48. The van der Waals surface area contributed by atoms with Crippen molar-refractivity contribution in [2.45, 2.75) is 18.1 Å². The minimum absolute atomic E-state index is 0.0623. The molecule has 0 N–H and O–H groups in total. The number of nitrogens with zero attached hydrogens (tertiary/aromatic N) is 2. The number of aromatic nitrogens is 1. The molecule has 5 nitrogen and oxygen atoms in total. The van der Waals surface area contributed by atoms with Gasteiger partial charge in [-0.25, -0.2) is 0 Å². The summed E-state index contributed by atoms with van der Waals surface area (Å²) in [6, 6.07) is 8.06. The number of alkyl halides is 3. The number of ether oxygens (including phenoxy) is 1. The van der Waals surface area contributed by atoms with Gasteiger partial charge in [0.2, 0.25) is 0 Å². The summed E-state index contributed by atoms with van der Waals surface area (Å²) in [5, 5.41) is 0. The molecule has 136 valence electrons. The first kappa shape index (κ1) is 17.9. The number of esters is 1. The van der Waals surface area contributed by atoms with Gasteiger partial charge in [0.15, 0.2) is 0 Å². The lowest BCUT2D eigenvalue weighted by Crippen LogP contribution is -2.48. The molecule has 0 radical (unpaired) electrons. The van der Waals surface area contributed by atoms with E-state index >= 15 is 0 Å². The van der Waals surface area contributed by atoms with Crippen LogP contribution in [0.25, 0.3) is 0 Å². The fourth-order valence-corrected chi connectivity index (χ4v) is 3.26. The van der Waals surface area contributed by atoms with Gasteiger partial charge >= 0.3 is 12.1 Å². The average molecular weight is 364 g/mol. The van der Waals surface area contributed by atoms with Crippen LogP contribution in [0.1, 0.15) is 33.4 Å². The molecule has 1 amide bonds. The Bertz CT molecular complexity index is 824. The molecule has 0 bridgehead atoms. The Morgan fingerprint density at radius 2 is 1.96 bits per heavy atom. The Balaban J connectivity index is 2.22. The standard InChI is InChI=1S/C18H15F3N2O3/c1-26-17(25)14-12-6-2-3-7-13(12)16(24)23(10-18(19,20)21)15(14)11-5-4-8-22-9-11/h2-9,14-15H,10H2,1H3. The van der Waals surface area contributed by atoms with Gasteiger partial charge in [0, 0.05) is 18.0 Å². The van der Waals surface area contributed by atoms with Gasteiger partial charge in [0.1, 0.15) is 12.5 Å². The molecule has 2 atom stereocenters. The first-order valence-electron chi connectivity index (χ1n) is 7.78. The van der Waals surface area contributed by atoms with Crippen molar-refractivity contribution < 1.29 is 27.5 Å². The van der Waals surface area contributed by atoms with Gasteiger partial charge in [0.05, 0.1) is 13.2 Å². The first-order chi connectivity index (χ1) is 12.3. The van der Waals surface area contributed by atoms with E-state index in [0.29, 0.717) is 16.0 Å². The van der Waals surface area contributed by atoms with Crippen LogP contribution >= 0.6 is 0 Å². The molecule has 2 aromatic rings. The second-order valence-electron chi connectivity index (χ2n) is 5.87. The summed E-state index contributed by atoms with van der Waals surface area (Å²) in [5.41, 5.74) is 0.735. The quantitative estimate of drug-likeness (QED) is 0.786. The van der Waals surface area contributed by atoms with E-state index in [-0.39, 0.29) is 5.56 Å². The predicted molar refractivity (Wildman–Crippen MR) is 85.3 cm³/mol. The van der Waals surface area contributed by atoms with E-state index in [9.17, 15) is 22.8 Å². The Kier molecular flexibility index (Phi) is 4.67. The molecule has 26 heavy (non-hydrogen) atoms. The zero-order valence-electron chi connectivity index (χ0n) is 13.7. The topological polar surface area (TPSA) is 59.5 Å². The maximum absolute atomic E-state index is 13.2. The van der Waals surface area contributed by atoms with E-state index in [4.69, 9.17) is 4.74 Å². The van der Waals surface area contributed by atoms with Crippen LogP contribution < -0.4 is 0 Å². The largest absolute Gasteiger partial charge is 0.468 e. The summed E-state index contributed by atoms with van der Waals surface area (Å²) < 4.78 is 44.3. The molecule has 0 fully saturated rings. The van der Waals surface area contributed by atoms with Gasteiger partial charge in [-0.05, 0) is 23.3 Å². The molecule has 0 saturated heterocycles. The molecule has 1 aliphatic rings. The van der Waals surface area contributed by atoms with Crippen molar-refractivity contribution in [1.82, 2.24) is 9.88 Å². The van der Waals surface area contributed by atoms with Crippen molar-refractivity contribution in [1.29, 1.82) is 0 Å². The number of hydrogen-bond acceptors (Lipinski definition) is 4. The van der Waals surface area contributed by atoms with Crippen molar-refractivity contribution in [3.05, 3.63) is 65.5 Å². The number of halogens is 3. The van der Waals surface area contributed by atoms with Crippen molar-refractivity contribution in [2.24, 2.45) is 0 Å². The minimum atomic E-state index is -4.62. The molecule has 1 aromatic carbocycles. The summed E-state index contributed by atoms with van der Waals surface area (Å²) in [6.07, 6.45) is -1.81. The molecule has 2 heterocycles. The summed E-state index contributed by atoms with van der Waals surface area (Å²) >= 11 is 0. The van der Waals surface area contributed by atoms with Crippen molar-refractivity contribution >= 4 is 11.9 Å². The Morgan fingerprint density at radius 3 is 2.58 bits per heavy atom. The third kappa shape index (κ3) is 3.26. The number of methoxy groups -OCH3 is 1. The summed E-state index contributed by atoms with van der Waals surface area (Å²) in [7, 11) is 1.16. The van der Waals surface area contributed by atoms with E-state index in [2.05, 4.69) is 4.98 Å². The number of hydrogen-bond donors (Lipinski definition) is 0. The number of rotatable bonds is 3. The molecule has 0 aliphatic carbocycles. The molecule has 3 rings (SSSR count). The molecular weight excluding hydrogens is 349 g/mol. The zero-order valence-corrected chi connectivity index (χ0v) is 13.7. The number of pyridine rings is 1. The maximum atomic E-state index is 13.2. The highest BCUT2D eigenvalue weighted by atomic mass is 19.4. The fraction of sp³-hybridized carbons (Fsp3) is 0.278. The smallest absolute Gasteiger partial charge is 0.406 e. The minimum Gasteiger partial charge on any atom is -0.468 e. The van der Waals surface area contributed by atoms with Gasteiger partial charge in [-0.2, -0.15) is 13.2 Å². The van der Waals surface area contributed by atoms with Crippen molar-refractivity contribution in [3.63, 3.8) is 0 Å². The molecule has 1 aromatic heterocycles. The highest BCUT2D eigenvalue weighted by molar-refractivity contribution is 6.00. The number of carbonyl (C=O) groups excluding carboxylic acids is 2. The first-order valence-corrected chi connectivity index (χ1v) is 7.78. The van der Waals surface area contributed by atoms with E-state index < -0.39 is 36.6 Å². The third-order valence-electron chi connectivity index (χ3n) is 4.27. The van der Waals surface area contributed by atoms with Crippen LogP contribution in [0.15, 0.2) is 48.8 Å².